The molecule has 1 aromatic carbocycles. The third kappa shape index (κ3) is 2.86. The maximum atomic E-state index is 12.3. The largest absolute Gasteiger partial charge is 0.279 e. The maximum Gasteiger partial charge on any atom is 0.260 e. The number of nitrogens with zero attached hydrogens (tertiary/aromatic N) is 4. The molecule has 1 saturated heterocycles. The fourth-order valence-corrected chi connectivity index (χ4v) is 2.15. The Bertz CT molecular complexity index is 581. The van der Waals surface area contributed by atoms with Gasteiger partial charge >= 0.3 is 0 Å². The van der Waals surface area contributed by atoms with Crippen LogP contribution < -0.4 is 0 Å². The minimum Gasteiger partial charge on any atom is -0.279 e. The Morgan fingerprint density at radius 1 is 1.42 bits per heavy atom. The summed E-state index contributed by atoms with van der Waals surface area (Å²) in [6.07, 6.45) is 1.96. The first-order valence-corrected chi connectivity index (χ1v) is 6.20. The average Bonchev–Trinajstić information content (AvgIpc) is 2.39. The lowest BCUT2D eigenvalue weighted by atomic mass is 10.1. The molecule has 2 amide bonds. The molecule has 2 rings (SSSR count). The normalized spacial score (nSPS) is 15.0. The van der Waals surface area contributed by atoms with Crippen molar-refractivity contribution in [2.45, 2.75) is 19.3 Å². The number of likely N-dealkylation sites (tertiary alicyclic amines) is 1. The van der Waals surface area contributed by atoms with Gasteiger partial charge in [0, 0.05) is 28.5 Å². The fraction of sp³-hybridized carbons (Fsp3) is 0.333. The topological polar surface area (TPSA) is 86.1 Å². The monoisotopic (exact) mass is 278 g/mol. The van der Waals surface area contributed by atoms with Crippen LogP contribution in [0.5, 0.6) is 0 Å². The highest BCUT2D eigenvalue weighted by Gasteiger charge is 2.26. The summed E-state index contributed by atoms with van der Waals surface area (Å²) < 4.78 is 0. The minimum absolute atomic E-state index is 0.137. The third-order valence-electron chi connectivity index (χ3n) is 2.91. The molecule has 7 heteroatoms. The molecule has 0 aromatic heterocycles. The molecule has 0 radical (unpaired) electrons. The Morgan fingerprint density at radius 3 is 2.89 bits per heavy atom. The first kappa shape index (κ1) is 13.4. The molecule has 0 aliphatic carbocycles. The number of carbonyl (C=O) groups is 2. The smallest absolute Gasteiger partial charge is 0.260 e. The SMILES string of the molecule is [N-]=[N+]=Nc1cc(Cl)ccc1C(=O)N1CCCCC1=O. The standard InChI is InChI=1S/C12H11ClN4O2/c13-8-4-5-9(10(7-8)15-16-14)12(19)17-6-2-1-3-11(17)18/h4-5,7H,1-3,6H2. The van der Waals surface area contributed by atoms with Crippen molar-refractivity contribution in [3.05, 3.63) is 39.2 Å². The van der Waals surface area contributed by atoms with Gasteiger partial charge in [-0.25, -0.2) is 0 Å². The number of hydrogen-bond acceptors (Lipinski definition) is 3. The molecule has 1 fully saturated rings. The molecule has 19 heavy (non-hydrogen) atoms. The van der Waals surface area contributed by atoms with Crippen LogP contribution in [0.25, 0.3) is 10.4 Å². The van der Waals surface area contributed by atoms with Crippen LogP contribution in [-0.4, -0.2) is 23.3 Å². The van der Waals surface area contributed by atoms with E-state index in [0.29, 0.717) is 18.0 Å². The second-order valence-corrected chi connectivity index (χ2v) is 4.59. The third-order valence-corrected chi connectivity index (χ3v) is 3.15. The molecule has 1 heterocycles. The molecule has 0 atom stereocenters. The number of halogens is 1. The van der Waals surface area contributed by atoms with Gasteiger partial charge in [-0.2, -0.15) is 0 Å². The van der Waals surface area contributed by atoms with Crippen molar-refractivity contribution in [3.8, 4) is 0 Å². The van der Waals surface area contributed by atoms with Crippen molar-refractivity contribution in [2.24, 2.45) is 5.11 Å². The molecule has 6 nitrogen and oxygen atoms in total. The van der Waals surface area contributed by atoms with Crippen LogP contribution in [0.2, 0.25) is 5.02 Å². The highest BCUT2D eigenvalue weighted by molar-refractivity contribution is 6.31. The Balaban J connectivity index is 2.37. The van der Waals surface area contributed by atoms with Crippen molar-refractivity contribution in [1.29, 1.82) is 0 Å². The molecular weight excluding hydrogens is 268 g/mol. The molecule has 0 bridgehead atoms. The van der Waals surface area contributed by atoms with Gasteiger partial charge < -0.3 is 0 Å². The lowest BCUT2D eigenvalue weighted by Crippen LogP contribution is -2.40. The Labute approximate surface area is 114 Å². The Hall–Kier alpha value is -2.04. The van der Waals surface area contributed by atoms with Crippen LogP contribution >= 0.6 is 11.6 Å². The molecule has 0 unspecified atom stereocenters. The van der Waals surface area contributed by atoms with Gasteiger partial charge in [-0.15, -0.1) is 0 Å². The number of carbonyl (C=O) groups excluding carboxylic acids is 2. The van der Waals surface area contributed by atoms with E-state index in [1.165, 1.54) is 23.1 Å². The zero-order valence-corrected chi connectivity index (χ0v) is 10.8. The van der Waals surface area contributed by atoms with E-state index in [9.17, 15) is 9.59 Å². The number of rotatable bonds is 2. The molecular formula is C12H11ClN4O2. The predicted octanol–water partition coefficient (Wildman–Crippen LogP) is 3.43. The van der Waals surface area contributed by atoms with Crippen molar-refractivity contribution < 1.29 is 9.59 Å². The predicted molar refractivity (Wildman–Crippen MR) is 70.2 cm³/mol. The van der Waals surface area contributed by atoms with E-state index in [1.807, 2.05) is 0 Å². The Kier molecular flexibility index (Phi) is 4.04. The summed E-state index contributed by atoms with van der Waals surface area (Å²) in [5.41, 5.74) is 8.83. The zero-order chi connectivity index (χ0) is 13.8. The van der Waals surface area contributed by atoms with Gasteiger partial charge in [0.1, 0.15) is 0 Å². The van der Waals surface area contributed by atoms with Crippen molar-refractivity contribution in [1.82, 2.24) is 4.90 Å². The molecule has 1 aliphatic rings. The number of imide groups is 1. The average molecular weight is 279 g/mol. The number of piperidine rings is 1. The van der Waals surface area contributed by atoms with E-state index in [0.717, 1.165) is 12.8 Å². The van der Waals surface area contributed by atoms with Gasteiger partial charge in [0.2, 0.25) is 5.91 Å². The van der Waals surface area contributed by atoms with Gasteiger partial charge in [0.05, 0.1) is 5.69 Å². The molecule has 98 valence electrons. The van der Waals surface area contributed by atoms with Crippen LogP contribution in [0.4, 0.5) is 5.69 Å². The van der Waals surface area contributed by atoms with Gasteiger partial charge in [0.15, 0.2) is 0 Å². The van der Waals surface area contributed by atoms with Crippen molar-refractivity contribution >= 4 is 29.1 Å². The van der Waals surface area contributed by atoms with Gasteiger partial charge in [-0.1, -0.05) is 16.7 Å². The van der Waals surface area contributed by atoms with Crippen LogP contribution in [0.3, 0.4) is 0 Å². The molecule has 0 saturated carbocycles. The molecule has 0 spiro atoms. The lowest BCUT2D eigenvalue weighted by Gasteiger charge is -2.25. The van der Waals surface area contributed by atoms with Crippen LogP contribution in [-0.2, 0) is 4.79 Å². The van der Waals surface area contributed by atoms with E-state index in [-0.39, 0.29) is 17.2 Å². The highest BCUT2D eigenvalue weighted by atomic mass is 35.5. The number of amides is 2. The summed E-state index contributed by atoms with van der Waals surface area (Å²) in [4.78, 5) is 27.9. The molecule has 1 aliphatic heterocycles. The van der Waals surface area contributed by atoms with E-state index in [4.69, 9.17) is 17.1 Å². The van der Waals surface area contributed by atoms with Crippen LogP contribution in [0.1, 0.15) is 29.6 Å². The molecule has 1 aromatic rings. The molecule has 0 N–H and O–H groups in total. The summed E-state index contributed by atoms with van der Waals surface area (Å²) in [6.45, 7) is 0.399. The van der Waals surface area contributed by atoms with E-state index >= 15 is 0 Å². The zero-order valence-electron chi connectivity index (χ0n) is 10.0. The maximum absolute atomic E-state index is 12.3. The number of azide groups is 1. The summed E-state index contributed by atoms with van der Waals surface area (Å²) in [7, 11) is 0. The second-order valence-electron chi connectivity index (χ2n) is 4.16. The fourth-order valence-electron chi connectivity index (χ4n) is 1.98. The van der Waals surface area contributed by atoms with Gasteiger partial charge in [0.25, 0.3) is 5.91 Å². The van der Waals surface area contributed by atoms with Gasteiger partial charge in [-0.3, -0.25) is 14.5 Å². The summed E-state index contributed by atoms with van der Waals surface area (Å²) in [6, 6.07) is 4.40. The first-order chi connectivity index (χ1) is 9.13. The van der Waals surface area contributed by atoms with Crippen molar-refractivity contribution in [3.63, 3.8) is 0 Å². The number of hydrogen-bond donors (Lipinski definition) is 0. The van der Waals surface area contributed by atoms with Crippen LogP contribution in [0.15, 0.2) is 23.3 Å². The summed E-state index contributed by atoms with van der Waals surface area (Å²) in [5, 5.41) is 3.81. The van der Waals surface area contributed by atoms with Crippen LogP contribution in [0, 0.1) is 0 Å². The quantitative estimate of drug-likeness (QED) is 0.359. The summed E-state index contributed by atoms with van der Waals surface area (Å²) >= 11 is 5.80. The Morgan fingerprint density at radius 2 is 2.21 bits per heavy atom. The van der Waals surface area contributed by atoms with E-state index in [2.05, 4.69) is 10.0 Å². The number of benzene rings is 1. The lowest BCUT2D eigenvalue weighted by molar-refractivity contribution is -0.130. The second kappa shape index (κ2) is 5.73. The highest BCUT2D eigenvalue weighted by Crippen LogP contribution is 2.26. The van der Waals surface area contributed by atoms with Crippen molar-refractivity contribution in [2.75, 3.05) is 6.54 Å². The first-order valence-electron chi connectivity index (χ1n) is 5.83. The van der Waals surface area contributed by atoms with E-state index in [1.54, 1.807) is 0 Å². The summed E-state index contributed by atoms with van der Waals surface area (Å²) in [5.74, 6) is -0.637. The minimum atomic E-state index is -0.441. The van der Waals surface area contributed by atoms with E-state index < -0.39 is 5.91 Å². The van der Waals surface area contributed by atoms with Gasteiger partial charge in [-0.05, 0) is 36.6 Å².